The zero-order valence-electron chi connectivity index (χ0n) is 24.0. The van der Waals surface area contributed by atoms with Crippen molar-refractivity contribution >= 4 is 6.09 Å². The van der Waals surface area contributed by atoms with E-state index in [2.05, 4.69) is 27.7 Å². The first-order valence-corrected chi connectivity index (χ1v) is 16.0. The van der Waals surface area contributed by atoms with Crippen molar-refractivity contribution in [1.82, 2.24) is 4.90 Å². The molecule has 4 saturated carbocycles. The first-order chi connectivity index (χ1) is 17.3. The van der Waals surface area contributed by atoms with Crippen molar-refractivity contribution in [1.29, 1.82) is 0 Å². The van der Waals surface area contributed by atoms with Gasteiger partial charge < -0.3 is 15.4 Å². The molecule has 4 nitrogen and oxygen atoms in total. The summed E-state index contributed by atoms with van der Waals surface area (Å²) in [6.45, 7) is 12.3. The first-order valence-electron chi connectivity index (χ1n) is 16.0. The third-order valence-corrected chi connectivity index (χ3v) is 13.0. The maximum Gasteiger partial charge on any atom is 0.409 e. The quantitative estimate of drug-likeness (QED) is 0.379. The number of rotatable bonds is 6. The molecule has 0 aromatic carbocycles. The van der Waals surface area contributed by atoms with Crippen LogP contribution < -0.4 is 5.73 Å². The van der Waals surface area contributed by atoms with Crippen LogP contribution in [0, 0.1) is 46.3 Å². The molecule has 4 heteroatoms. The lowest BCUT2D eigenvalue weighted by Gasteiger charge is -2.67. The number of hydrogen-bond donors (Lipinski definition) is 1. The van der Waals surface area contributed by atoms with Gasteiger partial charge in [-0.3, -0.25) is 0 Å². The summed E-state index contributed by atoms with van der Waals surface area (Å²) in [7, 11) is 0. The van der Waals surface area contributed by atoms with Gasteiger partial charge in [0.2, 0.25) is 0 Å². The number of ether oxygens (including phenoxy) is 1. The third-order valence-electron chi connectivity index (χ3n) is 13.0. The number of likely N-dealkylation sites (tertiary alicyclic amines) is 1. The summed E-state index contributed by atoms with van der Waals surface area (Å²) >= 11 is 0. The maximum absolute atomic E-state index is 12.6. The molecule has 8 atom stereocenters. The van der Waals surface area contributed by atoms with Gasteiger partial charge in [-0.25, -0.2) is 4.79 Å². The monoisotopic (exact) mass is 500 g/mol. The number of hydrogen-bond acceptors (Lipinski definition) is 3. The molecular weight excluding hydrogens is 444 g/mol. The second-order valence-corrected chi connectivity index (χ2v) is 14.4. The van der Waals surface area contributed by atoms with Crippen molar-refractivity contribution < 1.29 is 9.53 Å². The molecule has 6 unspecified atom stereocenters. The minimum absolute atomic E-state index is 0.0299. The van der Waals surface area contributed by atoms with Gasteiger partial charge in [-0.1, -0.05) is 53.4 Å². The Morgan fingerprint density at radius 3 is 2.39 bits per heavy atom. The van der Waals surface area contributed by atoms with Crippen LogP contribution in [0.1, 0.15) is 124 Å². The number of carbonyl (C=O) groups excluding carboxylic acids is 1. The Balaban J connectivity index is 1.18. The van der Waals surface area contributed by atoms with Crippen molar-refractivity contribution in [3.8, 4) is 0 Å². The van der Waals surface area contributed by atoms with Crippen molar-refractivity contribution in [2.75, 3.05) is 19.7 Å². The fourth-order valence-corrected chi connectivity index (χ4v) is 11.0. The fourth-order valence-electron chi connectivity index (χ4n) is 11.0. The van der Waals surface area contributed by atoms with E-state index < -0.39 is 0 Å². The van der Waals surface area contributed by atoms with Gasteiger partial charge in [0.1, 0.15) is 0 Å². The SMILES string of the molecule is CCC1CCN(C(=O)OCCCC2CCC3C2(C)CC[C@@H]2C4(C)CCCCC4[C@@H](CC)CC32N)CC1. The minimum Gasteiger partial charge on any atom is -0.449 e. The average Bonchev–Trinajstić information content (AvgIpc) is 3.22. The number of carbonyl (C=O) groups is 1. The Morgan fingerprint density at radius 2 is 1.67 bits per heavy atom. The van der Waals surface area contributed by atoms with E-state index in [0.29, 0.717) is 29.3 Å². The van der Waals surface area contributed by atoms with E-state index in [4.69, 9.17) is 10.5 Å². The van der Waals surface area contributed by atoms with E-state index in [1.807, 2.05) is 4.90 Å². The van der Waals surface area contributed by atoms with E-state index in [1.165, 1.54) is 77.0 Å². The van der Waals surface area contributed by atoms with Crippen LogP contribution in [-0.2, 0) is 4.74 Å². The number of nitrogens with two attached hydrogens (primary N) is 1. The summed E-state index contributed by atoms with van der Waals surface area (Å²) in [5.74, 6) is 4.63. The molecule has 5 fully saturated rings. The zero-order valence-corrected chi connectivity index (χ0v) is 24.0. The third kappa shape index (κ3) is 4.43. The molecule has 2 N–H and O–H groups in total. The van der Waals surface area contributed by atoms with Gasteiger partial charge in [0.15, 0.2) is 0 Å². The molecule has 0 spiro atoms. The summed E-state index contributed by atoms with van der Waals surface area (Å²) in [5.41, 5.74) is 8.54. The molecule has 206 valence electrons. The van der Waals surface area contributed by atoms with Crippen LogP contribution in [0.5, 0.6) is 0 Å². The smallest absolute Gasteiger partial charge is 0.409 e. The van der Waals surface area contributed by atoms with Crippen LogP contribution in [0.25, 0.3) is 0 Å². The van der Waals surface area contributed by atoms with Crippen LogP contribution in [-0.4, -0.2) is 36.2 Å². The van der Waals surface area contributed by atoms with E-state index in [1.54, 1.807) is 0 Å². The molecule has 1 saturated heterocycles. The lowest BCUT2D eigenvalue weighted by Crippen LogP contribution is -2.69. The molecule has 1 heterocycles. The molecule has 1 amide bonds. The summed E-state index contributed by atoms with van der Waals surface area (Å²) in [6, 6.07) is 0. The number of nitrogens with zero attached hydrogens (tertiary/aromatic N) is 1. The second-order valence-electron chi connectivity index (χ2n) is 14.4. The average molecular weight is 501 g/mol. The Hall–Kier alpha value is -0.770. The van der Waals surface area contributed by atoms with E-state index in [-0.39, 0.29) is 11.6 Å². The Labute approximate surface area is 221 Å². The van der Waals surface area contributed by atoms with Gasteiger partial charge in [0.25, 0.3) is 0 Å². The van der Waals surface area contributed by atoms with Gasteiger partial charge >= 0.3 is 6.09 Å². The highest BCUT2D eigenvalue weighted by molar-refractivity contribution is 5.67. The summed E-state index contributed by atoms with van der Waals surface area (Å²) in [6.07, 6.45) is 19.2. The predicted octanol–water partition coefficient (Wildman–Crippen LogP) is 7.79. The van der Waals surface area contributed by atoms with Crippen LogP contribution in [0.3, 0.4) is 0 Å². The highest BCUT2D eigenvalue weighted by Crippen LogP contribution is 2.69. The topological polar surface area (TPSA) is 55.6 Å². The summed E-state index contributed by atoms with van der Waals surface area (Å²) in [4.78, 5) is 14.5. The van der Waals surface area contributed by atoms with Crippen molar-refractivity contribution in [2.45, 2.75) is 130 Å². The minimum atomic E-state index is -0.0791. The standard InChI is InChI=1S/C32H56N2O2/c1-5-23-15-19-34(20-16-23)29(35)36-21-9-10-25-12-13-27-30(25,3)18-14-28-31(4)17-8-7-11-26(31)24(6-2)22-32(27,28)33/h23-28H,5-22,33H2,1-4H3/t24-,25?,26?,27?,28+,30?,31?,32?/m0/s1. The zero-order chi connectivity index (χ0) is 25.6. The summed E-state index contributed by atoms with van der Waals surface area (Å²) < 4.78 is 5.75. The fraction of sp³-hybridized carbons (Fsp3) is 0.969. The highest BCUT2D eigenvalue weighted by atomic mass is 16.6. The van der Waals surface area contributed by atoms with Crippen LogP contribution in [0.2, 0.25) is 0 Å². The molecule has 1 aliphatic heterocycles. The van der Waals surface area contributed by atoms with Gasteiger partial charge in [0, 0.05) is 18.6 Å². The van der Waals surface area contributed by atoms with Crippen LogP contribution in [0.15, 0.2) is 0 Å². The normalized spacial score (nSPS) is 45.0. The second kappa shape index (κ2) is 10.4. The molecule has 5 aliphatic rings. The Kier molecular flexibility index (Phi) is 7.76. The van der Waals surface area contributed by atoms with E-state index in [0.717, 1.165) is 56.0 Å². The lowest BCUT2D eigenvalue weighted by atomic mass is 9.40. The first kappa shape index (κ1) is 26.8. The van der Waals surface area contributed by atoms with E-state index >= 15 is 0 Å². The molecule has 0 bridgehead atoms. The molecular formula is C32H56N2O2. The Morgan fingerprint density at radius 1 is 0.917 bits per heavy atom. The van der Waals surface area contributed by atoms with Gasteiger partial charge in [-0.05, 0) is 117 Å². The number of fused-ring (bicyclic) bond motifs is 5. The van der Waals surface area contributed by atoms with Gasteiger partial charge in [0.05, 0.1) is 6.61 Å². The molecule has 0 radical (unpaired) electrons. The molecule has 0 aromatic rings. The number of piperidine rings is 1. The van der Waals surface area contributed by atoms with Crippen molar-refractivity contribution in [3.63, 3.8) is 0 Å². The molecule has 4 aliphatic carbocycles. The lowest BCUT2D eigenvalue weighted by molar-refractivity contribution is -0.149. The Bertz CT molecular complexity index is 778. The van der Waals surface area contributed by atoms with Gasteiger partial charge in [-0.15, -0.1) is 0 Å². The highest BCUT2D eigenvalue weighted by Gasteiger charge is 2.66. The molecule has 5 rings (SSSR count). The molecule has 0 aromatic heterocycles. The van der Waals surface area contributed by atoms with Crippen molar-refractivity contribution in [2.24, 2.45) is 52.1 Å². The van der Waals surface area contributed by atoms with E-state index in [9.17, 15) is 4.79 Å². The predicted molar refractivity (Wildman–Crippen MR) is 148 cm³/mol. The maximum atomic E-state index is 12.6. The van der Waals surface area contributed by atoms with Crippen molar-refractivity contribution in [3.05, 3.63) is 0 Å². The number of amides is 1. The summed E-state index contributed by atoms with van der Waals surface area (Å²) in [5, 5.41) is 0. The molecule has 36 heavy (non-hydrogen) atoms. The van der Waals surface area contributed by atoms with Crippen LogP contribution >= 0.6 is 0 Å². The largest absolute Gasteiger partial charge is 0.449 e. The van der Waals surface area contributed by atoms with Crippen LogP contribution in [0.4, 0.5) is 4.79 Å². The van der Waals surface area contributed by atoms with Gasteiger partial charge in [-0.2, -0.15) is 0 Å².